The maximum absolute atomic E-state index is 10.9. The largest absolute Gasteiger partial charge is 0.476 e. The zero-order chi connectivity index (χ0) is 9.84. The van der Waals surface area contributed by atoms with Crippen molar-refractivity contribution in [2.45, 2.75) is 0 Å². The Kier molecular flexibility index (Phi) is 2.53. The average molecular weight is 182 g/mol. The minimum Gasteiger partial charge on any atom is -0.476 e. The molecule has 1 aromatic heterocycles. The third-order valence-corrected chi connectivity index (χ3v) is 1.25. The second-order valence-corrected chi connectivity index (χ2v) is 2.09. The number of carbonyl (C=O) groups is 2. The van der Waals surface area contributed by atoms with Crippen LogP contribution in [0, 0.1) is 0 Å². The molecule has 6 nitrogen and oxygen atoms in total. The van der Waals surface area contributed by atoms with Crippen molar-refractivity contribution in [1.82, 2.24) is 9.97 Å². The third kappa shape index (κ3) is 1.98. The van der Waals surface area contributed by atoms with Crippen LogP contribution in [0.25, 0.3) is 0 Å². The van der Waals surface area contributed by atoms with Crippen molar-refractivity contribution in [3.8, 4) is 0 Å². The number of carboxylic acids is 1. The molecular weight excluding hydrogens is 176 g/mol. The van der Waals surface area contributed by atoms with E-state index in [2.05, 4.69) is 14.7 Å². The number of ether oxygens (including phenoxy) is 1. The lowest BCUT2D eigenvalue weighted by atomic mass is 10.4. The van der Waals surface area contributed by atoms with E-state index < -0.39 is 11.9 Å². The van der Waals surface area contributed by atoms with Gasteiger partial charge < -0.3 is 9.84 Å². The molecule has 68 valence electrons. The third-order valence-electron chi connectivity index (χ3n) is 1.25. The Morgan fingerprint density at radius 3 is 2.54 bits per heavy atom. The number of aromatic nitrogens is 2. The summed E-state index contributed by atoms with van der Waals surface area (Å²) >= 11 is 0. The zero-order valence-electron chi connectivity index (χ0n) is 6.72. The van der Waals surface area contributed by atoms with Crippen molar-refractivity contribution in [3.63, 3.8) is 0 Å². The molecular formula is C7H6N2O4. The van der Waals surface area contributed by atoms with E-state index in [1.165, 1.54) is 7.11 Å². The van der Waals surface area contributed by atoms with Gasteiger partial charge in [-0.3, -0.25) is 4.98 Å². The Labute approximate surface area is 73.2 Å². The summed E-state index contributed by atoms with van der Waals surface area (Å²) in [6.07, 6.45) is 2.19. The molecule has 13 heavy (non-hydrogen) atoms. The lowest BCUT2D eigenvalue weighted by Crippen LogP contribution is -2.09. The molecule has 0 radical (unpaired) electrons. The highest BCUT2D eigenvalue weighted by molar-refractivity contribution is 5.90. The minimum atomic E-state index is -1.24. The highest BCUT2D eigenvalue weighted by atomic mass is 16.5. The molecule has 0 unspecified atom stereocenters. The van der Waals surface area contributed by atoms with E-state index >= 15 is 0 Å². The standard InChI is InChI=1S/C7H6N2O4/c1-13-7(12)5-3-8-2-4(9-5)6(10)11/h2-3H,1H3,(H,10,11). The molecule has 1 N–H and O–H groups in total. The van der Waals surface area contributed by atoms with Crippen LogP contribution in [0.5, 0.6) is 0 Å². The first kappa shape index (κ1) is 9.11. The average Bonchev–Trinajstić information content (AvgIpc) is 2.17. The predicted octanol–water partition coefficient (Wildman–Crippen LogP) is -0.0386. The predicted molar refractivity (Wildman–Crippen MR) is 40.3 cm³/mol. The van der Waals surface area contributed by atoms with Crippen LogP contribution in [-0.4, -0.2) is 34.1 Å². The van der Waals surface area contributed by atoms with E-state index in [9.17, 15) is 9.59 Å². The van der Waals surface area contributed by atoms with Crippen LogP contribution in [0.4, 0.5) is 0 Å². The monoisotopic (exact) mass is 182 g/mol. The van der Waals surface area contributed by atoms with Gasteiger partial charge in [-0.1, -0.05) is 0 Å². The highest BCUT2D eigenvalue weighted by Gasteiger charge is 2.11. The summed E-state index contributed by atoms with van der Waals surface area (Å²) in [6.45, 7) is 0. The molecule has 0 saturated carbocycles. The fraction of sp³-hybridized carbons (Fsp3) is 0.143. The van der Waals surface area contributed by atoms with Gasteiger partial charge in [-0.25, -0.2) is 14.6 Å². The van der Waals surface area contributed by atoms with Crippen molar-refractivity contribution in [2.75, 3.05) is 7.11 Å². The second kappa shape index (κ2) is 3.61. The summed E-state index contributed by atoms with van der Waals surface area (Å²) < 4.78 is 4.34. The van der Waals surface area contributed by atoms with Gasteiger partial charge in [-0.05, 0) is 0 Å². The number of hydrogen-bond donors (Lipinski definition) is 1. The SMILES string of the molecule is COC(=O)c1cncc(C(=O)O)n1. The van der Waals surface area contributed by atoms with Gasteiger partial charge in [0.05, 0.1) is 19.5 Å². The molecule has 0 saturated heterocycles. The maximum atomic E-state index is 10.9. The van der Waals surface area contributed by atoms with Crippen LogP contribution >= 0.6 is 0 Å². The molecule has 0 aromatic carbocycles. The first-order valence-electron chi connectivity index (χ1n) is 3.29. The van der Waals surface area contributed by atoms with Crippen molar-refractivity contribution >= 4 is 11.9 Å². The van der Waals surface area contributed by atoms with E-state index in [-0.39, 0.29) is 11.4 Å². The van der Waals surface area contributed by atoms with Crippen LogP contribution in [0.15, 0.2) is 12.4 Å². The van der Waals surface area contributed by atoms with Crippen LogP contribution in [0.3, 0.4) is 0 Å². The number of nitrogens with zero attached hydrogens (tertiary/aromatic N) is 2. The molecule has 0 amide bonds. The molecule has 0 bridgehead atoms. The summed E-state index contributed by atoms with van der Waals surface area (Å²) in [7, 11) is 1.18. The highest BCUT2D eigenvalue weighted by Crippen LogP contribution is 1.97. The van der Waals surface area contributed by atoms with Gasteiger partial charge in [0.15, 0.2) is 11.4 Å². The number of methoxy groups -OCH3 is 1. The molecule has 6 heteroatoms. The van der Waals surface area contributed by atoms with Gasteiger partial charge in [0, 0.05) is 0 Å². The summed E-state index contributed by atoms with van der Waals surface area (Å²) in [5, 5.41) is 8.51. The first-order valence-corrected chi connectivity index (χ1v) is 3.29. The number of carboxylic acid groups (broad SMARTS) is 1. The van der Waals surface area contributed by atoms with Crippen molar-refractivity contribution in [2.24, 2.45) is 0 Å². The Balaban J connectivity index is 3.05. The number of aromatic carboxylic acids is 1. The lowest BCUT2D eigenvalue weighted by Gasteiger charge is -1.97. The van der Waals surface area contributed by atoms with Gasteiger partial charge >= 0.3 is 11.9 Å². The molecule has 1 rings (SSSR count). The van der Waals surface area contributed by atoms with Crippen LogP contribution < -0.4 is 0 Å². The molecule has 0 atom stereocenters. The van der Waals surface area contributed by atoms with Gasteiger partial charge in [0.1, 0.15) is 0 Å². The minimum absolute atomic E-state index is 0.123. The fourth-order valence-corrected chi connectivity index (χ4v) is 0.672. The molecule has 0 spiro atoms. The van der Waals surface area contributed by atoms with Crippen molar-refractivity contribution < 1.29 is 19.4 Å². The number of rotatable bonds is 2. The number of carbonyl (C=O) groups excluding carboxylic acids is 1. The van der Waals surface area contributed by atoms with Crippen LogP contribution in [0.1, 0.15) is 21.0 Å². The molecule has 0 fully saturated rings. The smallest absolute Gasteiger partial charge is 0.358 e. The second-order valence-electron chi connectivity index (χ2n) is 2.09. The molecule has 0 aliphatic heterocycles. The van der Waals surface area contributed by atoms with Gasteiger partial charge in [-0.15, -0.1) is 0 Å². The van der Waals surface area contributed by atoms with E-state index in [0.717, 1.165) is 12.4 Å². The fourth-order valence-electron chi connectivity index (χ4n) is 0.672. The maximum Gasteiger partial charge on any atom is 0.358 e. The first-order chi connectivity index (χ1) is 6.15. The Morgan fingerprint density at radius 1 is 1.38 bits per heavy atom. The van der Waals surface area contributed by atoms with E-state index in [4.69, 9.17) is 5.11 Å². The molecule has 1 aromatic rings. The summed E-state index contributed by atoms with van der Waals surface area (Å²) in [5.74, 6) is -1.95. The summed E-state index contributed by atoms with van der Waals surface area (Å²) in [6, 6.07) is 0. The quantitative estimate of drug-likeness (QED) is 0.645. The topological polar surface area (TPSA) is 89.4 Å². The summed E-state index contributed by atoms with van der Waals surface area (Å²) in [4.78, 5) is 28.3. The zero-order valence-corrected chi connectivity index (χ0v) is 6.72. The molecule has 0 aliphatic rings. The van der Waals surface area contributed by atoms with E-state index in [1.807, 2.05) is 0 Å². The van der Waals surface area contributed by atoms with Gasteiger partial charge in [-0.2, -0.15) is 0 Å². The van der Waals surface area contributed by atoms with Crippen molar-refractivity contribution in [3.05, 3.63) is 23.8 Å². The Hall–Kier alpha value is -1.98. The van der Waals surface area contributed by atoms with Gasteiger partial charge in [0.25, 0.3) is 0 Å². The van der Waals surface area contributed by atoms with E-state index in [1.54, 1.807) is 0 Å². The molecule has 0 aliphatic carbocycles. The Bertz CT molecular complexity index is 350. The van der Waals surface area contributed by atoms with Gasteiger partial charge in [0.2, 0.25) is 0 Å². The normalized spacial score (nSPS) is 9.31. The number of hydrogen-bond acceptors (Lipinski definition) is 5. The molecule has 1 heterocycles. The Morgan fingerprint density at radius 2 is 2.00 bits per heavy atom. The lowest BCUT2D eigenvalue weighted by molar-refractivity contribution is 0.0593. The summed E-state index contributed by atoms with van der Waals surface area (Å²) in [5.41, 5.74) is -0.412. The van der Waals surface area contributed by atoms with E-state index in [0.29, 0.717) is 0 Å². The van der Waals surface area contributed by atoms with Crippen LogP contribution in [0.2, 0.25) is 0 Å². The van der Waals surface area contributed by atoms with Crippen LogP contribution in [-0.2, 0) is 4.74 Å². The van der Waals surface area contributed by atoms with Crippen molar-refractivity contribution in [1.29, 1.82) is 0 Å². The number of esters is 1.